The van der Waals surface area contributed by atoms with Gasteiger partial charge in [0.15, 0.2) is 17.3 Å². The molecular weight excluding hydrogens is 244 g/mol. The van der Waals surface area contributed by atoms with Crippen LogP contribution >= 0.6 is 0 Å². The summed E-state index contributed by atoms with van der Waals surface area (Å²) in [4.78, 5) is 14.0. The second-order valence-corrected chi connectivity index (χ2v) is 4.19. The molecule has 1 saturated carbocycles. The number of nitrogens with zero attached hydrogens (tertiary/aromatic N) is 1. The molecule has 1 N–H and O–H groups in total. The van der Waals surface area contributed by atoms with Crippen molar-refractivity contribution >= 4 is 6.08 Å². The molecule has 0 aliphatic heterocycles. The number of phenols is 1. The summed E-state index contributed by atoms with van der Waals surface area (Å²) >= 11 is 0. The molecule has 0 unspecified atom stereocenters. The van der Waals surface area contributed by atoms with Gasteiger partial charge in [0, 0.05) is 6.07 Å². The highest BCUT2D eigenvalue weighted by Crippen LogP contribution is 2.51. The van der Waals surface area contributed by atoms with Crippen LogP contribution in [0.2, 0.25) is 0 Å². The van der Waals surface area contributed by atoms with Crippen molar-refractivity contribution in [2.75, 3.05) is 7.11 Å². The SMILES string of the molecule is COc1c(F)cc(F)c(C2(N=C=O)CCC2)c1O. The van der Waals surface area contributed by atoms with E-state index < -0.39 is 28.7 Å². The molecule has 1 aromatic rings. The summed E-state index contributed by atoms with van der Waals surface area (Å²) in [5.41, 5.74) is -1.34. The predicted octanol–water partition coefficient (Wildman–Crippen LogP) is 2.39. The minimum Gasteiger partial charge on any atom is -0.504 e. The standard InChI is InChI=1S/C12H11F2NO3/c1-18-11-8(14)5-7(13)9(10(11)17)12(15-6-16)3-2-4-12/h5,17H,2-4H2,1H3. The molecule has 1 aliphatic rings. The molecule has 96 valence electrons. The minimum atomic E-state index is -1.14. The van der Waals surface area contributed by atoms with E-state index in [0.29, 0.717) is 18.9 Å². The lowest BCUT2D eigenvalue weighted by molar-refractivity contribution is 0.233. The number of isocyanates is 1. The van der Waals surface area contributed by atoms with Crippen molar-refractivity contribution in [2.24, 2.45) is 4.99 Å². The van der Waals surface area contributed by atoms with Crippen LogP contribution in [0.4, 0.5) is 8.78 Å². The molecule has 4 nitrogen and oxygen atoms in total. The van der Waals surface area contributed by atoms with Gasteiger partial charge in [-0.05, 0) is 19.3 Å². The fourth-order valence-corrected chi connectivity index (χ4v) is 2.24. The van der Waals surface area contributed by atoms with Crippen molar-refractivity contribution in [3.05, 3.63) is 23.3 Å². The third-order valence-electron chi connectivity index (χ3n) is 3.27. The highest BCUT2D eigenvalue weighted by molar-refractivity contribution is 5.53. The number of hydrogen-bond donors (Lipinski definition) is 1. The maximum atomic E-state index is 13.8. The predicted molar refractivity (Wildman–Crippen MR) is 58.2 cm³/mol. The van der Waals surface area contributed by atoms with Crippen LogP contribution in [0.3, 0.4) is 0 Å². The zero-order valence-electron chi connectivity index (χ0n) is 9.67. The first-order valence-electron chi connectivity index (χ1n) is 5.40. The molecule has 0 atom stereocenters. The smallest absolute Gasteiger partial charge is 0.235 e. The van der Waals surface area contributed by atoms with Crippen LogP contribution in [0, 0.1) is 11.6 Å². The number of carbonyl (C=O) groups excluding carboxylic acids is 1. The van der Waals surface area contributed by atoms with Gasteiger partial charge in [-0.25, -0.2) is 13.6 Å². The van der Waals surface area contributed by atoms with Gasteiger partial charge in [-0.3, -0.25) is 0 Å². The van der Waals surface area contributed by atoms with Crippen LogP contribution in [0.5, 0.6) is 11.5 Å². The number of aromatic hydroxyl groups is 1. The van der Waals surface area contributed by atoms with Gasteiger partial charge >= 0.3 is 0 Å². The zero-order chi connectivity index (χ0) is 13.3. The summed E-state index contributed by atoms with van der Waals surface area (Å²) in [6.45, 7) is 0. The van der Waals surface area contributed by atoms with Gasteiger partial charge in [-0.2, -0.15) is 4.99 Å². The zero-order valence-corrected chi connectivity index (χ0v) is 9.67. The summed E-state index contributed by atoms with van der Waals surface area (Å²) in [5.74, 6) is -3.03. The largest absolute Gasteiger partial charge is 0.504 e. The topological polar surface area (TPSA) is 58.9 Å². The first-order valence-corrected chi connectivity index (χ1v) is 5.40. The Labute approximate surface area is 102 Å². The average molecular weight is 255 g/mol. The number of halogens is 2. The molecule has 1 aromatic carbocycles. The molecule has 0 radical (unpaired) electrons. The quantitative estimate of drug-likeness (QED) is 0.666. The molecule has 18 heavy (non-hydrogen) atoms. The number of rotatable bonds is 3. The van der Waals surface area contributed by atoms with E-state index >= 15 is 0 Å². The van der Waals surface area contributed by atoms with E-state index in [9.17, 15) is 18.7 Å². The number of aliphatic imine (C=N–C) groups is 1. The first kappa shape index (κ1) is 12.5. The number of ether oxygens (including phenoxy) is 1. The van der Waals surface area contributed by atoms with Crippen molar-refractivity contribution < 1.29 is 23.4 Å². The molecule has 0 amide bonds. The van der Waals surface area contributed by atoms with Crippen molar-refractivity contribution in [3.8, 4) is 11.5 Å². The van der Waals surface area contributed by atoms with Crippen LogP contribution in [0.25, 0.3) is 0 Å². The summed E-state index contributed by atoms with van der Waals surface area (Å²) in [6, 6.07) is 0.619. The minimum absolute atomic E-state index is 0.199. The fraction of sp³-hybridized carbons (Fsp3) is 0.417. The Kier molecular flexibility index (Phi) is 3.05. The van der Waals surface area contributed by atoms with Crippen molar-refractivity contribution in [2.45, 2.75) is 24.8 Å². The van der Waals surface area contributed by atoms with Crippen LogP contribution < -0.4 is 4.74 Å². The van der Waals surface area contributed by atoms with Crippen LogP contribution in [0.1, 0.15) is 24.8 Å². The Morgan fingerprint density at radius 2 is 2.11 bits per heavy atom. The fourth-order valence-electron chi connectivity index (χ4n) is 2.24. The lowest BCUT2D eigenvalue weighted by Crippen LogP contribution is -2.33. The molecule has 2 rings (SSSR count). The van der Waals surface area contributed by atoms with E-state index in [0.717, 1.165) is 13.5 Å². The normalized spacial score (nSPS) is 16.6. The van der Waals surface area contributed by atoms with E-state index in [2.05, 4.69) is 9.73 Å². The van der Waals surface area contributed by atoms with E-state index in [1.54, 1.807) is 0 Å². The van der Waals surface area contributed by atoms with Crippen LogP contribution in [0.15, 0.2) is 11.1 Å². The second kappa shape index (κ2) is 4.38. The van der Waals surface area contributed by atoms with E-state index in [1.165, 1.54) is 6.08 Å². The number of benzene rings is 1. The van der Waals surface area contributed by atoms with Crippen molar-refractivity contribution in [1.82, 2.24) is 0 Å². The first-order chi connectivity index (χ1) is 8.55. The highest BCUT2D eigenvalue weighted by atomic mass is 19.1. The molecule has 1 aliphatic carbocycles. The van der Waals surface area contributed by atoms with Crippen LogP contribution in [-0.2, 0) is 10.3 Å². The Morgan fingerprint density at radius 3 is 2.56 bits per heavy atom. The van der Waals surface area contributed by atoms with Gasteiger partial charge in [0.25, 0.3) is 0 Å². The molecule has 0 aromatic heterocycles. The van der Waals surface area contributed by atoms with Crippen LogP contribution in [-0.4, -0.2) is 18.3 Å². The van der Waals surface area contributed by atoms with Gasteiger partial charge in [0.05, 0.1) is 12.7 Å². The Balaban J connectivity index is 2.67. The molecule has 1 fully saturated rings. The summed E-state index contributed by atoms with van der Waals surface area (Å²) in [7, 11) is 1.16. The third kappa shape index (κ3) is 1.66. The molecule has 0 saturated heterocycles. The Bertz CT molecular complexity index is 535. The Hall–Kier alpha value is -1.94. The van der Waals surface area contributed by atoms with Gasteiger partial charge in [-0.15, -0.1) is 0 Å². The second-order valence-electron chi connectivity index (χ2n) is 4.19. The monoisotopic (exact) mass is 255 g/mol. The molecule has 0 heterocycles. The number of methoxy groups -OCH3 is 1. The maximum Gasteiger partial charge on any atom is 0.235 e. The average Bonchev–Trinajstić information content (AvgIpc) is 2.25. The van der Waals surface area contributed by atoms with Crippen molar-refractivity contribution in [1.29, 1.82) is 0 Å². The Morgan fingerprint density at radius 1 is 1.44 bits per heavy atom. The third-order valence-corrected chi connectivity index (χ3v) is 3.27. The maximum absolute atomic E-state index is 13.8. The highest BCUT2D eigenvalue weighted by Gasteiger charge is 2.44. The summed E-state index contributed by atoms with van der Waals surface area (Å²) in [5, 5.41) is 9.88. The van der Waals surface area contributed by atoms with Crippen molar-refractivity contribution in [3.63, 3.8) is 0 Å². The van der Waals surface area contributed by atoms with Gasteiger partial charge in [0.1, 0.15) is 11.4 Å². The molecule has 0 spiro atoms. The molecular formula is C12H11F2NO3. The molecule has 0 bridgehead atoms. The van der Waals surface area contributed by atoms with Gasteiger partial charge in [-0.1, -0.05) is 0 Å². The van der Waals surface area contributed by atoms with E-state index in [-0.39, 0.29) is 5.56 Å². The molecule has 6 heteroatoms. The number of phenolic OH excluding ortho intramolecular Hbond substituents is 1. The lowest BCUT2D eigenvalue weighted by atomic mass is 9.71. The van der Waals surface area contributed by atoms with Gasteiger partial charge < -0.3 is 9.84 Å². The van der Waals surface area contributed by atoms with E-state index in [1.807, 2.05) is 0 Å². The summed E-state index contributed by atoms with van der Waals surface area (Å²) in [6.07, 6.45) is 2.93. The van der Waals surface area contributed by atoms with Gasteiger partial charge in [0.2, 0.25) is 6.08 Å². The lowest BCUT2D eigenvalue weighted by Gasteiger charge is -2.37. The number of hydrogen-bond acceptors (Lipinski definition) is 4. The summed E-state index contributed by atoms with van der Waals surface area (Å²) < 4.78 is 31.9. The van der Waals surface area contributed by atoms with E-state index in [4.69, 9.17) is 0 Å².